The SMILES string of the molecule is CC(C)Oc1ccccc1[C@@H]1CC(=O)Nc2c1ncn2-c1cccnc1. The molecule has 1 aliphatic heterocycles. The van der Waals surface area contributed by atoms with E-state index in [0.29, 0.717) is 12.2 Å². The molecule has 6 nitrogen and oxygen atoms in total. The van der Waals surface area contributed by atoms with E-state index in [1.165, 1.54) is 0 Å². The van der Waals surface area contributed by atoms with E-state index >= 15 is 0 Å². The zero-order chi connectivity index (χ0) is 18.1. The van der Waals surface area contributed by atoms with E-state index < -0.39 is 0 Å². The van der Waals surface area contributed by atoms with E-state index in [4.69, 9.17) is 4.74 Å². The van der Waals surface area contributed by atoms with Crippen LogP contribution < -0.4 is 10.1 Å². The third-order valence-electron chi connectivity index (χ3n) is 4.35. The molecule has 1 N–H and O–H groups in total. The molecule has 1 amide bonds. The summed E-state index contributed by atoms with van der Waals surface area (Å²) in [5.74, 6) is 1.31. The summed E-state index contributed by atoms with van der Waals surface area (Å²) in [6.45, 7) is 3.99. The van der Waals surface area contributed by atoms with Gasteiger partial charge in [-0.15, -0.1) is 0 Å². The van der Waals surface area contributed by atoms with Gasteiger partial charge in [0.05, 0.1) is 23.7 Å². The first-order valence-corrected chi connectivity index (χ1v) is 8.66. The molecule has 0 aliphatic carbocycles. The third kappa shape index (κ3) is 2.94. The van der Waals surface area contributed by atoms with E-state index in [-0.39, 0.29) is 17.9 Å². The average Bonchev–Trinajstić information content (AvgIpc) is 3.05. The van der Waals surface area contributed by atoms with E-state index in [1.54, 1.807) is 18.7 Å². The number of anilines is 1. The minimum atomic E-state index is -0.147. The van der Waals surface area contributed by atoms with Gasteiger partial charge in [0.2, 0.25) is 5.91 Å². The number of nitrogens with one attached hydrogen (secondary N) is 1. The van der Waals surface area contributed by atoms with E-state index in [1.807, 2.05) is 54.8 Å². The van der Waals surface area contributed by atoms with E-state index in [9.17, 15) is 4.79 Å². The lowest BCUT2D eigenvalue weighted by atomic mass is 9.89. The lowest BCUT2D eigenvalue weighted by molar-refractivity contribution is -0.116. The van der Waals surface area contributed by atoms with Crippen molar-refractivity contribution in [3.63, 3.8) is 0 Å². The molecule has 0 radical (unpaired) electrons. The molecule has 0 unspecified atom stereocenters. The highest BCUT2D eigenvalue weighted by atomic mass is 16.5. The number of para-hydroxylation sites is 1. The van der Waals surface area contributed by atoms with Crippen LogP contribution in [-0.2, 0) is 4.79 Å². The molecule has 3 aromatic rings. The molecule has 26 heavy (non-hydrogen) atoms. The summed E-state index contributed by atoms with van der Waals surface area (Å²) in [5, 5.41) is 2.96. The molecule has 0 saturated carbocycles. The summed E-state index contributed by atoms with van der Waals surface area (Å²) >= 11 is 0. The molecule has 0 spiro atoms. The fourth-order valence-electron chi connectivity index (χ4n) is 3.29. The Labute approximate surface area is 151 Å². The van der Waals surface area contributed by atoms with E-state index in [2.05, 4.69) is 15.3 Å². The van der Waals surface area contributed by atoms with Crippen molar-refractivity contribution < 1.29 is 9.53 Å². The van der Waals surface area contributed by atoms with Gasteiger partial charge in [-0.25, -0.2) is 4.98 Å². The van der Waals surface area contributed by atoms with Gasteiger partial charge in [0.15, 0.2) is 0 Å². The summed E-state index contributed by atoms with van der Waals surface area (Å²) in [6, 6.07) is 11.6. The highest BCUT2D eigenvalue weighted by Gasteiger charge is 2.32. The number of hydrogen-bond donors (Lipinski definition) is 1. The van der Waals surface area contributed by atoms with Crippen molar-refractivity contribution in [2.45, 2.75) is 32.3 Å². The van der Waals surface area contributed by atoms with Gasteiger partial charge in [-0.1, -0.05) is 18.2 Å². The second kappa shape index (κ2) is 6.63. The number of carbonyl (C=O) groups excluding carboxylic acids is 1. The predicted molar refractivity (Wildman–Crippen MR) is 98.7 cm³/mol. The summed E-state index contributed by atoms with van der Waals surface area (Å²) in [6.07, 6.45) is 5.59. The first-order valence-electron chi connectivity index (χ1n) is 8.66. The highest BCUT2D eigenvalue weighted by Crippen LogP contribution is 2.40. The van der Waals surface area contributed by atoms with Crippen LogP contribution in [0.2, 0.25) is 0 Å². The zero-order valence-corrected chi connectivity index (χ0v) is 14.7. The second-order valence-electron chi connectivity index (χ2n) is 6.57. The fourth-order valence-corrected chi connectivity index (χ4v) is 3.29. The molecule has 0 saturated heterocycles. The molecule has 0 fully saturated rings. The summed E-state index contributed by atoms with van der Waals surface area (Å²) in [4.78, 5) is 21.2. The smallest absolute Gasteiger partial charge is 0.226 e. The van der Waals surface area contributed by atoms with Gasteiger partial charge >= 0.3 is 0 Å². The number of hydrogen-bond acceptors (Lipinski definition) is 4. The van der Waals surface area contributed by atoms with Gasteiger partial charge in [-0.2, -0.15) is 0 Å². The molecule has 4 rings (SSSR count). The van der Waals surface area contributed by atoms with Crippen LogP contribution in [0.5, 0.6) is 5.75 Å². The first kappa shape index (κ1) is 16.3. The van der Waals surface area contributed by atoms with Crippen LogP contribution in [0.4, 0.5) is 5.82 Å². The largest absolute Gasteiger partial charge is 0.491 e. The Balaban J connectivity index is 1.80. The van der Waals surface area contributed by atoms with Crippen molar-refractivity contribution in [2.75, 3.05) is 5.32 Å². The average molecular weight is 348 g/mol. The van der Waals surface area contributed by atoms with Gasteiger partial charge in [0.1, 0.15) is 17.9 Å². The maximum absolute atomic E-state index is 12.4. The van der Waals surface area contributed by atoms with Crippen LogP contribution in [-0.4, -0.2) is 26.5 Å². The lowest BCUT2D eigenvalue weighted by Crippen LogP contribution is -2.25. The topological polar surface area (TPSA) is 69.0 Å². The van der Waals surface area contributed by atoms with Crippen LogP contribution in [0.1, 0.15) is 37.4 Å². The van der Waals surface area contributed by atoms with Crippen molar-refractivity contribution in [3.05, 3.63) is 66.4 Å². The van der Waals surface area contributed by atoms with Gasteiger partial charge in [-0.3, -0.25) is 14.3 Å². The molecule has 1 aromatic carbocycles. The number of fused-ring (bicyclic) bond motifs is 1. The Morgan fingerprint density at radius 3 is 2.85 bits per heavy atom. The molecule has 2 aromatic heterocycles. The minimum Gasteiger partial charge on any atom is -0.491 e. The Hall–Kier alpha value is -3.15. The molecule has 1 atom stereocenters. The number of pyridine rings is 1. The van der Waals surface area contributed by atoms with Crippen LogP contribution in [0.3, 0.4) is 0 Å². The molecule has 1 aliphatic rings. The van der Waals surface area contributed by atoms with Crippen molar-refractivity contribution in [1.82, 2.24) is 14.5 Å². The maximum Gasteiger partial charge on any atom is 0.226 e. The molecule has 132 valence electrons. The number of ether oxygens (including phenoxy) is 1. The molecular weight excluding hydrogens is 328 g/mol. The lowest BCUT2D eigenvalue weighted by Gasteiger charge is -2.25. The van der Waals surface area contributed by atoms with Crippen molar-refractivity contribution in [1.29, 1.82) is 0 Å². The van der Waals surface area contributed by atoms with Crippen LogP contribution in [0, 0.1) is 0 Å². The third-order valence-corrected chi connectivity index (χ3v) is 4.35. The van der Waals surface area contributed by atoms with Crippen molar-refractivity contribution in [3.8, 4) is 11.4 Å². The van der Waals surface area contributed by atoms with Crippen LogP contribution in [0.25, 0.3) is 5.69 Å². The summed E-state index contributed by atoms with van der Waals surface area (Å²) < 4.78 is 7.82. The quantitative estimate of drug-likeness (QED) is 0.783. The van der Waals surface area contributed by atoms with Gasteiger partial charge < -0.3 is 10.1 Å². The van der Waals surface area contributed by atoms with Crippen molar-refractivity contribution in [2.24, 2.45) is 0 Å². The monoisotopic (exact) mass is 348 g/mol. The fraction of sp³-hybridized carbons (Fsp3) is 0.250. The Morgan fingerprint density at radius 2 is 2.08 bits per heavy atom. The Kier molecular flexibility index (Phi) is 4.16. The molecule has 6 heteroatoms. The van der Waals surface area contributed by atoms with Crippen molar-refractivity contribution >= 4 is 11.7 Å². The highest BCUT2D eigenvalue weighted by molar-refractivity contribution is 5.94. The summed E-state index contributed by atoms with van der Waals surface area (Å²) in [7, 11) is 0. The number of carbonyl (C=O) groups is 1. The van der Waals surface area contributed by atoms with Gasteiger partial charge in [-0.05, 0) is 32.0 Å². The maximum atomic E-state index is 12.4. The Bertz CT molecular complexity index is 934. The minimum absolute atomic E-state index is 0.0347. The summed E-state index contributed by atoms with van der Waals surface area (Å²) in [5.41, 5.74) is 2.68. The second-order valence-corrected chi connectivity index (χ2v) is 6.57. The van der Waals surface area contributed by atoms with Crippen LogP contribution >= 0.6 is 0 Å². The number of imidazole rings is 1. The normalized spacial score (nSPS) is 16.3. The van der Waals surface area contributed by atoms with Crippen LogP contribution in [0.15, 0.2) is 55.1 Å². The molecule has 0 bridgehead atoms. The van der Waals surface area contributed by atoms with E-state index in [0.717, 1.165) is 22.7 Å². The number of benzene rings is 1. The van der Waals surface area contributed by atoms with Gasteiger partial charge in [0, 0.05) is 24.1 Å². The Morgan fingerprint density at radius 1 is 1.23 bits per heavy atom. The first-order chi connectivity index (χ1) is 12.6. The number of nitrogens with zero attached hydrogens (tertiary/aromatic N) is 3. The zero-order valence-electron chi connectivity index (χ0n) is 14.7. The number of aromatic nitrogens is 3. The van der Waals surface area contributed by atoms with Gasteiger partial charge in [0.25, 0.3) is 0 Å². The number of amides is 1. The number of rotatable bonds is 4. The molecule has 3 heterocycles. The standard InChI is InChI=1S/C20H20N4O2/c1-13(2)26-17-8-4-3-7-15(17)16-10-18(25)23-20-19(16)22-12-24(20)14-6-5-9-21-11-14/h3-9,11-13,16H,10H2,1-2H3,(H,23,25)/t16-/m0/s1. The predicted octanol–water partition coefficient (Wildman–Crippen LogP) is 3.53. The molecular formula is C20H20N4O2.